The third kappa shape index (κ3) is 12.4. The van der Waals surface area contributed by atoms with Crippen molar-refractivity contribution in [3.05, 3.63) is 313 Å². The van der Waals surface area contributed by atoms with Crippen LogP contribution in [0.2, 0.25) is 0 Å². The number of carbonyl (C=O) groups excluding carboxylic acids is 3. The van der Waals surface area contributed by atoms with Crippen molar-refractivity contribution >= 4 is 97.5 Å². The first-order chi connectivity index (χ1) is 45.8. The smallest absolute Gasteiger partial charge is 0.527 e. The number of nitrogens with zero attached hydrogens (tertiary/aromatic N) is 8. The number of allylic oxidation sites excluding steroid dienone is 11. The second-order valence-electron chi connectivity index (χ2n) is 22.6. The number of carbonyl (C=O) groups is 3. The third-order valence-electron chi connectivity index (χ3n) is 17.4. The van der Waals surface area contributed by atoms with Gasteiger partial charge in [0.1, 0.15) is 26.2 Å². The van der Waals surface area contributed by atoms with Crippen LogP contribution >= 0.6 is 0 Å². The van der Waals surface area contributed by atoms with Gasteiger partial charge in [-0.1, -0.05) is 115 Å². The van der Waals surface area contributed by atoms with Gasteiger partial charge >= 0.3 is 5.82 Å². The normalized spacial score (nSPS) is 16.7. The summed E-state index contributed by atoms with van der Waals surface area (Å²) in [7, 11) is 0. The monoisotopic (exact) mass is 1230 g/mol. The molecule has 464 valence electrons. The maximum atomic E-state index is 13.3. The molecule has 0 unspecified atom stereocenters. The summed E-state index contributed by atoms with van der Waals surface area (Å²) in [6, 6.07) is 54.1. The van der Waals surface area contributed by atoms with E-state index in [0.717, 1.165) is 110 Å². The Morgan fingerprint density at radius 2 is 1.00 bits per heavy atom. The van der Waals surface area contributed by atoms with Crippen molar-refractivity contribution in [1.29, 1.82) is 0 Å². The molecule has 6 aromatic carbocycles. The number of hydrogen-bond acceptors (Lipinski definition) is 9. The molecule has 0 saturated heterocycles. The predicted octanol–water partition coefficient (Wildman–Crippen LogP) is 13.9. The van der Waals surface area contributed by atoms with Gasteiger partial charge < -0.3 is 24.9 Å². The molecule has 8 aromatic rings. The van der Waals surface area contributed by atoms with Gasteiger partial charge in [0.2, 0.25) is 34.0 Å². The fourth-order valence-electron chi connectivity index (χ4n) is 12.6. The van der Waals surface area contributed by atoms with E-state index in [1.54, 1.807) is 24.3 Å². The predicted molar refractivity (Wildman–Crippen MR) is 374 cm³/mol. The second kappa shape index (κ2) is 28.2. The number of aliphatic imine (C=N–C) groups is 1. The van der Waals surface area contributed by atoms with Crippen molar-refractivity contribution in [3.8, 4) is 0 Å². The van der Waals surface area contributed by atoms with Crippen molar-refractivity contribution in [3.63, 3.8) is 0 Å². The molecule has 2 aliphatic heterocycles. The zero-order valence-electron chi connectivity index (χ0n) is 53.7. The fourth-order valence-corrected chi connectivity index (χ4v) is 12.6. The highest BCUT2D eigenvalue weighted by Crippen LogP contribution is 2.38. The molecule has 0 saturated carbocycles. The number of ketones is 3. The Morgan fingerprint density at radius 1 is 0.521 bits per heavy atom. The number of anilines is 3. The molecule has 0 radical (unpaired) electrons. The Morgan fingerprint density at radius 3 is 1.49 bits per heavy atom. The minimum absolute atomic E-state index is 0.0856. The van der Waals surface area contributed by atoms with Crippen LogP contribution in [0.3, 0.4) is 0 Å². The largest absolute Gasteiger partial charge is 0.871 e. The van der Waals surface area contributed by atoms with Crippen LogP contribution in [0.15, 0.2) is 256 Å². The molecule has 13 heteroatoms. The standard InChI is InChI=1S/C29H24N2O3.C28H24N2O2.C24H22N4/c1-3-30-21(15-13-19-9-5-7-11-25(19)30)17-23-27(32)24(29(34)28(23)33)18-22-16-14-20-10-6-8-12-26(20)31(22)4-2;1-3-29-21(15-13-19-9-5-7-11-25(19)29)17-23-27(31)24(28(23)32)18-22-16-14-20-10-6-8-12-26(20)30(22)4-2;1-6-28(7-2)18-12-14-22(17(3)16-18)27-23-15-13-21(24(25-4)26-5)19-10-8-9-11-20(19)23/h5-18H,3-4H2,1-2H3;5-18H,3-4H2,1-2H3;8-16H,6-7H2,1-3H3. The van der Waals surface area contributed by atoms with Gasteiger partial charge in [0.15, 0.2) is 5.78 Å². The van der Waals surface area contributed by atoms with Crippen LogP contribution in [0.1, 0.15) is 80.7 Å². The van der Waals surface area contributed by atoms with Crippen LogP contribution in [0.5, 0.6) is 0 Å². The number of likely N-dealkylation sites (N-methyl/N-ethyl adjacent to an activating group) is 2. The molecule has 13 nitrogen and oxygen atoms in total. The minimum atomic E-state index is -0.754. The van der Waals surface area contributed by atoms with E-state index >= 15 is 0 Å². The lowest BCUT2D eigenvalue weighted by molar-refractivity contribution is -0.669. The first-order valence-electron chi connectivity index (χ1n) is 31.8. The summed E-state index contributed by atoms with van der Waals surface area (Å²) < 4.78 is 4.16. The van der Waals surface area contributed by atoms with Gasteiger partial charge in [-0.05, 0) is 156 Å². The van der Waals surface area contributed by atoms with Gasteiger partial charge in [-0.25, -0.2) is 4.99 Å². The molecule has 0 bridgehead atoms. The quantitative estimate of drug-likeness (QED) is 0.0511. The molecule has 94 heavy (non-hydrogen) atoms. The highest BCUT2D eigenvalue weighted by Gasteiger charge is 2.33. The molecule has 5 aliphatic rings. The summed E-state index contributed by atoms with van der Waals surface area (Å²) in [5.74, 6) is -2.33. The number of aryl methyl sites for hydroxylation is 3. The molecular weight excluding hydrogens is 1160 g/mol. The molecule has 4 heterocycles. The van der Waals surface area contributed by atoms with Gasteiger partial charge in [0, 0.05) is 130 Å². The number of rotatable bonds is 12. The Balaban J connectivity index is 0.000000145. The summed E-state index contributed by atoms with van der Waals surface area (Å²) in [4.78, 5) is 56.7. The SMILES string of the molecule is CCN1C(=CC2=C([O-])C(=Cc3ccc4ccccc4[n+]3CC)C(=O)C2=O)C=Cc2ccccc21.CCN1C(=CC2=C([O-])C(=Cc3ccc4ccccc4[n+]3CC)C2=O)C=Cc2ccccc21.[C-]#[N+]C([N+]#[C-])=C1C=CC(=Nc2ccc(N(CC)CC)cc2C)c2ccccc21. The molecule has 0 spiro atoms. The third-order valence-corrected chi connectivity index (χ3v) is 17.4. The van der Waals surface area contributed by atoms with Gasteiger partial charge in [0.25, 0.3) is 0 Å². The Hall–Kier alpha value is -11.8. The molecule has 0 atom stereocenters. The molecule has 2 aromatic heterocycles. The van der Waals surface area contributed by atoms with Gasteiger partial charge in [-0.15, -0.1) is 0 Å². The summed E-state index contributed by atoms with van der Waals surface area (Å²) in [5.41, 5.74) is 16.4. The van der Waals surface area contributed by atoms with Crippen LogP contribution in [-0.2, 0) is 27.5 Å². The number of para-hydroxylation sites is 4. The maximum Gasteiger partial charge on any atom is 0.527 e. The van der Waals surface area contributed by atoms with Crippen molar-refractivity contribution < 1.29 is 33.7 Å². The first kappa shape index (κ1) is 63.8. The van der Waals surface area contributed by atoms with Crippen LogP contribution in [0.4, 0.5) is 22.7 Å². The summed E-state index contributed by atoms with van der Waals surface area (Å²) >= 11 is 0. The van der Waals surface area contributed by atoms with E-state index in [1.165, 1.54) is 5.69 Å². The molecular formula is C81H70N8O5. The Labute approximate surface area is 549 Å². The van der Waals surface area contributed by atoms with Crippen molar-refractivity contribution in [2.45, 2.75) is 61.6 Å². The van der Waals surface area contributed by atoms with E-state index in [9.17, 15) is 24.6 Å². The number of Topliss-reactive ketones (excluding diaryl/α,β-unsaturated/α-hetero) is 3. The van der Waals surface area contributed by atoms with Gasteiger partial charge in [-0.3, -0.25) is 14.4 Å². The van der Waals surface area contributed by atoms with Crippen molar-refractivity contribution in [2.24, 2.45) is 4.99 Å². The summed E-state index contributed by atoms with van der Waals surface area (Å²) in [5, 5.41) is 28.4. The minimum Gasteiger partial charge on any atom is -0.871 e. The van der Waals surface area contributed by atoms with Crippen LogP contribution in [-0.4, -0.2) is 49.2 Å². The lowest BCUT2D eigenvalue weighted by Gasteiger charge is -2.32. The zero-order chi connectivity index (χ0) is 66.2. The topological polar surface area (TPSA) is 136 Å². The van der Waals surface area contributed by atoms with Gasteiger partial charge in [0.05, 0.1) is 17.0 Å². The fraction of sp³-hybridized carbons (Fsp3) is 0.160. The average molecular weight is 1240 g/mol. The zero-order valence-corrected chi connectivity index (χ0v) is 53.7. The molecule has 3 aliphatic carbocycles. The molecule has 0 N–H and O–H groups in total. The van der Waals surface area contributed by atoms with E-state index in [-0.39, 0.29) is 39.7 Å². The first-order valence-corrected chi connectivity index (χ1v) is 31.8. The van der Waals surface area contributed by atoms with Crippen LogP contribution in [0, 0.1) is 20.1 Å². The lowest BCUT2D eigenvalue weighted by atomic mass is 9.86. The number of hydrogen-bond donors (Lipinski definition) is 0. The molecule has 0 amide bonds. The number of aromatic nitrogens is 2. The van der Waals surface area contributed by atoms with E-state index in [4.69, 9.17) is 18.1 Å². The highest BCUT2D eigenvalue weighted by molar-refractivity contribution is 6.54. The number of fused-ring (bicyclic) bond motifs is 5. The van der Waals surface area contributed by atoms with E-state index in [1.807, 2.05) is 181 Å². The van der Waals surface area contributed by atoms with Crippen molar-refractivity contribution in [1.82, 2.24) is 0 Å². The maximum absolute atomic E-state index is 13.3. The Bertz CT molecular complexity index is 4870. The van der Waals surface area contributed by atoms with E-state index in [0.29, 0.717) is 30.1 Å². The van der Waals surface area contributed by atoms with E-state index in [2.05, 4.69) is 101 Å². The molecule has 0 fully saturated rings. The average Bonchev–Trinajstić information content (AvgIpc) is 0.948. The molecule has 13 rings (SSSR count). The summed E-state index contributed by atoms with van der Waals surface area (Å²) in [6.45, 7) is 33.8. The summed E-state index contributed by atoms with van der Waals surface area (Å²) in [6.07, 6.45) is 18.1. The second-order valence-corrected chi connectivity index (χ2v) is 22.6. The van der Waals surface area contributed by atoms with E-state index < -0.39 is 17.3 Å². The number of benzene rings is 6. The Kier molecular flexibility index (Phi) is 19.1. The van der Waals surface area contributed by atoms with Crippen LogP contribution in [0.25, 0.3) is 61.4 Å². The van der Waals surface area contributed by atoms with Crippen molar-refractivity contribution in [2.75, 3.05) is 40.9 Å². The van der Waals surface area contributed by atoms with Crippen LogP contribution < -0.4 is 34.0 Å². The number of pyridine rings is 2. The van der Waals surface area contributed by atoms with Gasteiger partial charge in [-0.2, -0.15) is 18.8 Å². The highest BCUT2D eigenvalue weighted by atomic mass is 16.3. The lowest BCUT2D eigenvalue weighted by Crippen LogP contribution is -2.37.